The van der Waals surface area contributed by atoms with E-state index in [1.165, 1.54) is 0 Å². The lowest BCUT2D eigenvalue weighted by atomic mass is 10.3. The molecule has 0 aliphatic carbocycles. The van der Waals surface area contributed by atoms with Gasteiger partial charge in [0.2, 0.25) is 12.6 Å². The van der Waals surface area contributed by atoms with E-state index in [-0.39, 0.29) is 19.2 Å². The van der Waals surface area contributed by atoms with Crippen LogP contribution in [0.2, 0.25) is 0 Å². The fourth-order valence-corrected chi connectivity index (χ4v) is 1.94. The number of carbonyl (C=O) groups excluding carboxylic acids is 1. The Kier molecular flexibility index (Phi) is 2.87. The van der Waals surface area contributed by atoms with Crippen LogP contribution in [0.15, 0.2) is 36.5 Å². The molecule has 0 fully saturated rings. The Hall–Kier alpha value is -2.43. The molecular weight excluding hydrogens is 246 g/mol. The molecule has 5 nitrogen and oxygen atoms in total. The van der Waals surface area contributed by atoms with Crippen molar-refractivity contribution in [2.24, 2.45) is 7.05 Å². The van der Waals surface area contributed by atoms with Crippen molar-refractivity contribution >= 4 is 5.78 Å². The van der Waals surface area contributed by atoms with E-state index in [0.29, 0.717) is 22.9 Å². The van der Waals surface area contributed by atoms with Crippen molar-refractivity contribution < 1.29 is 19.0 Å². The van der Waals surface area contributed by atoms with Gasteiger partial charge in [-0.05, 0) is 24.3 Å². The fraction of sp³-hybridized carbons (Fsp3) is 0.214. The van der Waals surface area contributed by atoms with Crippen molar-refractivity contribution in [3.05, 3.63) is 42.2 Å². The third kappa shape index (κ3) is 2.27. The number of aryl methyl sites for hydroxylation is 1. The summed E-state index contributed by atoms with van der Waals surface area (Å²) >= 11 is 0. The lowest BCUT2D eigenvalue weighted by molar-refractivity contribution is 0.0913. The number of hydrogen-bond acceptors (Lipinski definition) is 4. The highest BCUT2D eigenvalue weighted by Crippen LogP contribution is 2.35. The van der Waals surface area contributed by atoms with Crippen LogP contribution in [0.1, 0.15) is 10.5 Å². The van der Waals surface area contributed by atoms with Gasteiger partial charge in [0, 0.05) is 19.3 Å². The van der Waals surface area contributed by atoms with E-state index >= 15 is 0 Å². The van der Waals surface area contributed by atoms with Gasteiger partial charge in [0.05, 0.1) is 5.69 Å². The lowest BCUT2D eigenvalue weighted by Crippen LogP contribution is -2.14. The van der Waals surface area contributed by atoms with E-state index in [2.05, 4.69) is 0 Å². The van der Waals surface area contributed by atoms with Crippen LogP contribution in [0.25, 0.3) is 0 Å². The number of hydrogen-bond donors (Lipinski definition) is 0. The maximum absolute atomic E-state index is 11.9. The summed E-state index contributed by atoms with van der Waals surface area (Å²) < 4.78 is 17.7. The largest absolute Gasteiger partial charge is 0.485 e. The standard InChI is InChI=1S/C14H13NO4/c1-15-6-2-3-11(15)12(16)8-17-10-4-5-13-14(7-10)19-9-18-13/h2-7H,8-9H2,1H3. The molecule has 5 heteroatoms. The van der Waals surface area contributed by atoms with E-state index in [4.69, 9.17) is 14.2 Å². The molecule has 0 radical (unpaired) electrons. The predicted octanol–water partition coefficient (Wildman–Crippen LogP) is 2.02. The summed E-state index contributed by atoms with van der Waals surface area (Å²) in [5, 5.41) is 0. The Morgan fingerprint density at radius 3 is 2.95 bits per heavy atom. The molecule has 0 atom stereocenters. The molecule has 1 aromatic heterocycles. The van der Waals surface area contributed by atoms with Crippen molar-refractivity contribution in [2.75, 3.05) is 13.4 Å². The molecular formula is C14H13NO4. The molecule has 3 rings (SSSR count). The molecule has 98 valence electrons. The highest BCUT2D eigenvalue weighted by atomic mass is 16.7. The van der Waals surface area contributed by atoms with Gasteiger partial charge in [-0.3, -0.25) is 4.79 Å². The second-order valence-electron chi connectivity index (χ2n) is 4.23. The molecule has 1 aromatic carbocycles. The predicted molar refractivity (Wildman–Crippen MR) is 67.8 cm³/mol. The average Bonchev–Trinajstić information content (AvgIpc) is 3.03. The van der Waals surface area contributed by atoms with Gasteiger partial charge in [-0.1, -0.05) is 0 Å². The van der Waals surface area contributed by atoms with Crippen molar-refractivity contribution in [1.82, 2.24) is 4.57 Å². The minimum Gasteiger partial charge on any atom is -0.485 e. The SMILES string of the molecule is Cn1cccc1C(=O)COc1ccc2c(c1)OCO2. The Bertz CT molecular complexity index is 618. The number of benzene rings is 1. The van der Waals surface area contributed by atoms with Gasteiger partial charge in [-0.15, -0.1) is 0 Å². The quantitative estimate of drug-likeness (QED) is 0.788. The number of rotatable bonds is 4. The highest BCUT2D eigenvalue weighted by molar-refractivity contribution is 5.95. The van der Waals surface area contributed by atoms with Crippen LogP contribution in [0, 0.1) is 0 Å². The smallest absolute Gasteiger partial charge is 0.231 e. The highest BCUT2D eigenvalue weighted by Gasteiger charge is 2.15. The first-order valence-corrected chi connectivity index (χ1v) is 5.91. The molecule has 2 aromatic rings. The molecule has 0 saturated heterocycles. The first-order chi connectivity index (χ1) is 9.24. The van der Waals surface area contributed by atoms with Gasteiger partial charge in [-0.2, -0.15) is 0 Å². The number of ether oxygens (including phenoxy) is 3. The van der Waals surface area contributed by atoms with Crippen LogP contribution in [-0.4, -0.2) is 23.8 Å². The summed E-state index contributed by atoms with van der Waals surface area (Å²) in [5.41, 5.74) is 0.626. The number of fused-ring (bicyclic) bond motifs is 1. The summed E-state index contributed by atoms with van der Waals surface area (Å²) in [7, 11) is 1.83. The molecule has 2 heterocycles. The van der Waals surface area contributed by atoms with Crippen molar-refractivity contribution in [3.8, 4) is 17.2 Å². The lowest BCUT2D eigenvalue weighted by Gasteiger charge is -2.07. The number of ketones is 1. The fourth-order valence-electron chi connectivity index (χ4n) is 1.94. The first kappa shape index (κ1) is 11.6. The van der Waals surface area contributed by atoms with Crippen molar-refractivity contribution in [1.29, 1.82) is 0 Å². The van der Waals surface area contributed by atoms with E-state index < -0.39 is 0 Å². The van der Waals surface area contributed by atoms with Gasteiger partial charge in [0.25, 0.3) is 0 Å². The van der Waals surface area contributed by atoms with Crippen LogP contribution in [0.3, 0.4) is 0 Å². The number of nitrogens with zero attached hydrogens (tertiary/aromatic N) is 1. The maximum Gasteiger partial charge on any atom is 0.231 e. The van der Waals surface area contributed by atoms with Crippen molar-refractivity contribution in [3.63, 3.8) is 0 Å². The van der Waals surface area contributed by atoms with E-state index in [1.807, 2.05) is 19.3 Å². The molecule has 0 spiro atoms. The van der Waals surface area contributed by atoms with Crippen LogP contribution in [-0.2, 0) is 7.05 Å². The zero-order valence-electron chi connectivity index (χ0n) is 10.5. The second kappa shape index (κ2) is 4.68. The zero-order valence-corrected chi connectivity index (χ0v) is 10.5. The Balaban J connectivity index is 1.66. The molecule has 1 aliphatic heterocycles. The molecule has 0 N–H and O–H groups in total. The van der Waals surface area contributed by atoms with Crippen LogP contribution in [0.4, 0.5) is 0 Å². The first-order valence-electron chi connectivity index (χ1n) is 5.91. The molecule has 1 aliphatic rings. The second-order valence-corrected chi connectivity index (χ2v) is 4.23. The van der Waals surface area contributed by atoms with Crippen LogP contribution in [0.5, 0.6) is 17.2 Å². The van der Waals surface area contributed by atoms with Crippen LogP contribution < -0.4 is 14.2 Å². The Morgan fingerprint density at radius 2 is 2.16 bits per heavy atom. The minimum absolute atomic E-state index is 0.00248. The molecule has 0 amide bonds. The van der Waals surface area contributed by atoms with Gasteiger partial charge >= 0.3 is 0 Å². The molecule has 19 heavy (non-hydrogen) atoms. The Morgan fingerprint density at radius 1 is 1.32 bits per heavy atom. The molecule has 0 saturated carbocycles. The van der Waals surface area contributed by atoms with Crippen LogP contribution >= 0.6 is 0 Å². The van der Waals surface area contributed by atoms with E-state index in [9.17, 15) is 4.79 Å². The third-order valence-electron chi connectivity index (χ3n) is 2.94. The number of Topliss-reactive ketones (excluding diaryl/α,β-unsaturated/α-hetero) is 1. The average molecular weight is 259 g/mol. The Labute approximate surface area is 110 Å². The summed E-state index contributed by atoms with van der Waals surface area (Å²) in [5.74, 6) is 1.86. The number of aromatic nitrogens is 1. The minimum atomic E-state index is -0.0647. The molecule has 0 bridgehead atoms. The van der Waals surface area contributed by atoms with Crippen molar-refractivity contribution in [2.45, 2.75) is 0 Å². The monoisotopic (exact) mass is 259 g/mol. The number of carbonyl (C=O) groups is 1. The van der Waals surface area contributed by atoms with E-state index in [0.717, 1.165) is 0 Å². The van der Waals surface area contributed by atoms with Gasteiger partial charge in [0.15, 0.2) is 18.1 Å². The van der Waals surface area contributed by atoms with E-state index in [1.54, 1.807) is 28.8 Å². The third-order valence-corrected chi connectivity index (χ3v) is 2.94. The molecule has 0 unspecified atom stereocenters. The van der Waals surface area contributed by atoms with Gasteiger partial charge in [-0.25, -0.2) is 0 Å². The van der Waals surface area contributed by atoms with Gasteiger partial charge in [0.1, 0.15) is 5.75 Å². The normalized spacial score (nSPS) is 12.5. The zero-order chi connectivity index (χ0) is 13.2. The summed E-state index contributed by atoms with van der Waals surface area (Å²) in [6.45, 7) is 0.221. The summed E-state index contributed by atoms with van der Waals surface area (Å²) in [4.78, 5) is 11.9. The topological polar surface area (TPSA) is 49.7 Å². The van der Waals surface area contributed by atoms with Gasteiger partial charge < -0.3 is 18.8 Å². The summed E-state index contributed by atoms with van der Waals surface area (Å²) in [6, 6.07) is 8.84. The maximum atomic E-state index is 11.9. The summed E-state index contributed by atoms with van der Waals surface area (Å²) in [6.07, 6.45) is 1.83.